The van der Waals surface area contributed by atoms with Crippen LogP contribution in [0.5, 0.6) is 0 Å². The molecule has 1 aromatic rings. The van der Waals surface area contributed by atoms with Gasteiger partial charge in [0.1, 0.15) is 0 Å². The molecule has 0 N–H and O–H groups in total. The maximum Gasteiger partial charge on any atom is 0.220 e. The fourth-order valence-electron chi connectivity index (χ4n) is 1.46. The van der Waals surface area contributed by atoms with Crippen LogP contribution in [0, 0.1) is 0 Å². The molecule has 0 atom stereocenters. The zero-order chi connectivity index (χ0) is 14.0. The van der Waals surface area contributed by atoms with Gasteiger partial charge in [-0.15, -0.1) is 0 Å². The van der Waals surface area contributed by atoms with Gasteiger partial charge in [0.15, 0.2) is 0 Å². The summed E-state index contributed by atoms with van der Waals surface area (Å²) in [7, 11) is 0. The molecule has 0 amide bonds. The minimum Gasteiger partial charge on any atom is -0.295 e. The highest BCUT2D eigenvalue weighted by molar-refractivity contribution is 8.93. The van der Waals surface area contributed by atoms with Gasteiger partial charge in [-0.25, -0.2) is 0 Å². The molecule has 4 heteroatoms. The molecular weight excluding hydrogens is 279 g/mol. The number of benzene rings is 1. The lowest BCUT2D eigenvalue weighted by Gasteiger charge is -2.30. The lowest BCUT2D eigenvalue weighted by Crippen LogP contribution is -2.14. The van der Waals surface area contributed by atoms with Crippen LogP contribution in [-0.4, -0.2) is 9.49 Å². The Morgan fingerprint density at radius 3 is 1.56 bits per heavy atom. The minimum absolute atomic E-state index is 0.0103. The summed E-state index contributed by atoms with van der Waals surface area (Å²) in [5, 5.41) is 0.963. The molecule has 18 heavy (non-hydrogen) atoms. The van der Waals surface area contributed by atoms with Gasteiger partial charge in [-0.1, -0.05) is 82.5 Å². The highest BCUT2D eigenvalue weighted by Gasteiger charge is 2.36. The monoisotopic (exact) mass is 302 g/mol. The molecule has 0 radical (unpaired) electrons. The predicted molar refractivity (Wildman–Crippen MR) is 88.4 cm³/mol. The van der Waals surface area contributed by atoms with Gasteiger partial charge in [0.2, 0.25) is 5.55 Å². The molecular formula is C14H23OPS2. The van der Waals surface area contributed by atoms with Crippen molar-refractivity contribution in [2.45, 2.75) is 51.0 Å². The Bertz CT molecular complexity index is 409. The lowest BCUT2D eigenvalue weighted by molar-refractivity contribution is 0.597. The SMILES string of the molecule is CC(C)(C)SP(=O)(SC(C)(C)C)c1ccccc1. The second kappa shape index (κ2) is 5.64. The lowest BCUT2D eigenvalue weighted by atomic mass is 10.3. The molecule has 0 spiro atoms. The topological polar surface area (TPSA) is 17.1 Å². The molecule has 102 valence electrons. The molecule has 0 saturated heterocycles. The molecule has 0 fully saturated rings. The van der Waals surface area contributed by atoms with E-state index in [4.69, 9.17) is 0 Å². The molecule has 1 aromatic carbocycles. The summed E-state index contributed by atoms with van der Waals surface area (Å²) in [6.45, 7) is 12.7. The molecule has 0 heterocycles. The normalized spacial score (nSPS) is 13.7. The average Bonchev–Trinajstić information content (AvgIpc) is 2.13. The average molecular weight is 302 g/mol. The third-order valence-corrected chi connectivity index (χ3v) is 11.7. The molecule has 0 saturated carbocycles. The fourth-order valence-corrected chi connectivity index (χ4v) is 13.8. The minimum atomic E-state index is -2.48. The Kier molecular flexibility index (Phi) is 5.08. The molecule has 1 rings (SSSR count). The van der Waals surface area contributed by atoms with E-state index in [-0.39, 0.29) is 9.49 Å². The zero-order valence-electron chi connectivity index (χ0n) is 12.1. The Labute approximate surface area is 119 Å². The summed E-state index contributed by atoms with van der Waals surface area (Å²) in [6, 6.07) is 9.87. The molecule has 0 aliphatic rings. The molecule has 0 aliphatic heterocycles. The van der Waals surface area contributed by atoms with Crippen LogP contribution < -0.4 is 5.30 Å². The van der Waals surface area contributed by atoms with E-state index in [0.717, 1.165) is 5.30 Å². The molecule has 0 bridgehead atoms. The first kappa shape index (κ1) is 16.2. The second-order valence-electron chi connectivity index (χ2n) is 6.24. The van der Waals surface area contributed by atoms with Crippen LogP contribution in [0.2, 0.25) is 0 Å². The van der Waals surface area contributed by atoms with E-state index in [9.17, 15) is 4.57 Å². The maximum atomic E-state index is 13.4. The summed E-state index contributed by atoms with van der Waals surface area (Å²) in [6.07, 6.45) is 0. The van der Waals surface area contributed by atoms with Gasteiger partial charge in [-0.2, -0.15) is 0 Å². The Morgan fingerprint density at radius 1 is 0.833 bits per heavy atom. The first-order valence-electron chi connectivity index (χ1n) is 6.09. The fraction of sp³-hybridized carbons (Fsp3) is 0.571. The quantitative estimate of drug-likeness (QED) is 0.680. The van der Waals surface area contributed by atoms with Crippen LogP contribution in [0.4, 0.5) is 0 Å². The van der Waals surface area contributed by atoms with Gasteiger partial charge in [-0.05, 0) is 12.1 Å². The van der Waals surface area contributed by atoms with Gasteiger partial charge < -0.3 is 0 Å². The highest BCUT2D eigenvalue weighted by atomic mass is 33.1. The smallest absolute Gasteiger partial charge is 0.220 e. The van der Waals surface area contributed by atoms with Gasteiger partial charge in [0, 0.05) is 14.8 Å². The highest BCUT2D eigenvalue weighted by Crippen LogP contribution is 2.74. The van der Waals surface area contributed by atoms with Crippen LogP contribution in [0.3, 0.4) is 0 Å². The first-order valence-corrected chi connectivity index (χ1v) is 10.6. The molecule has 0 aliphatic carbocycles. The van der Waals surface area contributed by atoms with E-state index >= 15 is 0 Å². The van der Waals surface area contributed by atoms with Gasteiger partial charge in [-0.3, -0.25) is 4.57 Å². The van der Waals surface area contributed by atoms with Gasteiger partial charge >= 0.3 is 0 Å². The van der Waals surface area contributed by atoms with E-state index in [2.05, 4.69) is 41.5 Å². The van der Waals surface area contributed by atoms with Crippen molar-refractivity contribution in [2.24, 2.45) is 0 Å². The van der Waals surface area contributed by atoms with Gasteiger partial charge in [0.05, 0.1) is 0 Å². The maximum absolute atomic E-state index is 13.4. The Morgan fingerprint density at radius 2 is 1.22 bits per heavy atom. The Balaban J connectivity index is 3.14. The van der Waals surface area contributed by atoms with E-state index in [1.807, 2.05) is 30.3 Å². The third kappa shape index (κ3) is 5.42. The van der Waals surface area contributed by atoms with E-state index in [1.54, 1.807) is 22.8 Å². The van der Waals surface area contributed by atoms with Crippen molar-refractivity contribution in [2.75, 3.05) is 0 Å². The third-order valence-electron chi connectivity index (χ3n) is 1.86. The molecule has 0 aromatic heterocycles. The van der Waals surface area contributed by atoms with E-state index < -0.39 is 5.55 Å². The summed E-state index contributed by atoms with van der Waals surface area (Å²) < 4.78 is 13.4. The van der Waals surface area contributed by atoms with E-state index in [0.29, 0.717) is 0 Å². The number of hydrogen-bond donors (Lipinski definition) is 0. The predicted octanol–water partition coefficient (Wildman–Crippen LogP) is 5.57. The van der Waals surface area contributed by atoms with Crippen LogP contribution >= 0.6 is 28.3 Å². The van der Waals surface area contributed by atoms with E-state index in [1.165, 1.54) is 0 Å². The van der Waals surface area contributed by atoms with Crippen molar-refractivity contribution in [3.8, 4) is 0 Å². The van der Waals surface area contributed by atoms with Crippen LogP contribution in [0.15, 0.2) is 30.3 Å². The van der Waals surface area contributed by atoms with Gasteiger partial charge in [0.25, 0.3) is 0 Å². The second-order valence-corrected chi connectivity index (χ2v) is 15.4. The molecule has 1 nitrogen and oxygen atoms in total. The largest absolute Gasteiger partial charge is 0.295 e. The molecule has 0 unspecified atom stereocenters. The summed E-state index contributed by atoms with van der Waals surface area (Å²) >= 11 is 3.21. The van der Waals surface area contributed by atoms with Crippen molar-refractivity contribution in [1.82, 2.24) is 0 Å². The zero-order valence-corrected chi connectivity index (χ0v) is 14.6. The standard InChI is InChI=1S/C14H23OPS2/c1-13(2,3)17-16(15,18-14(4,5)6)12-10-8-7-9-11-12/h7-11H,1-6H3. The summed E-state index contributed by atoms with van der Waals surface area (Å²) in [5.74, 6) is 0. The number of hydrogen-bond acceptors (Lipinski definition) is 3. The van der Waals surface area contributed by atoms with Crippen molar-refractivity contribution in [1.29, 1.82) is 0 Å². The van der Waals surface area contributed by atoms with Crippen molar-refractivity contribution < 1.29 is 4.57 Å². The van der Waals surface area contributed by atoms with Crippen LogP contribution in [-0.2, 0) is 4.57 Å². The first-order chi connectivity index (χ1) is 8.02. The van der Waals surface area contributed by atoms with Crippen LogP contribution in [0.25, 0.3) is 0 Å². The van der Waals surface area contributed by atoms with Crippen LogP contribution in [0.1, 0.15) is 41.5 Å². The summed E-state index contributed by atoms with van der Waals surface area (Å²) in [4.78, 5) is 0. The van der Waals surface area contributed by atoms with Crippen molar-refractivity contribution >= 4 is 33.6 Å². The van der Waals surface area contributed by atoms with Crippen molar-refractivity contribution in [3.05, 3.63) is 30.3 Å². The number of rotatable bonds is 3. The summed E-state index contributed by atoms with van der Waals surface area (Å²) in [5.41, 5.74) is -2.48. The van der Waals surface area contributed by atoms with Crippen molar-refractivity contribution in [3.63, 3.8) is 0 Å². The Hall–Kier alpha value is 0.150.